The molecule has 1 unspecified atom stereocenters. The average Bonchev–Trinajstić information content (AvgIpc) is 2.56. The summed E-state index contributed by atoms with van der Waals surface area (Å²) >= 11 is 0. The largest absolute Gasteiger partial charge is 0.435 e. The monoisotopic (exact) mass is 363 g/mol. The third-order valence-corrected chi connectivity index (χ3v) is 3.98. The first-order valence-corrected chi connectivity index (χ1v) is 8.58. The SMILES string of the molecule is CC(C)c1ccc(C[NH+](C)CC(=O)Nc2ccc(OC(F)F)cc2)cc1. The third kappa shape index (κ3) is 6.44. The molecule has 0 bridgehead atoms. The van der Waals surface area contributed by atoms with Crippen LogP contribution in [-0.4, -0.2) is 26.1 Å². The van der Waals surface area contributed by atoms with Crippen molar-refractivity contribution >= 4 is 11.6 Å². The Balaban J connectivity index is 1.82. The summed E-state index contributed by atoms with van der Waals surface area (Å²) in [6.45, 7) is 2.50. The normalized spacial score (nSPS) is 12.3. The second-order valence-electron chi connectivity index (χ2n) is 6.66. The van der Waals surface area contributed by atoms with Crippen LogP contribution >= 0.6 is 0 Å². The molecule has 1 amide bonds. The number of anilines is 1. The van der Waals surface area contributed by atoms with Crippen LogP contribution in [0.4, 0.5) is 14.5 Å². The third-order valence-electron chi connectivity index (χ3n) is 3.98. The van der Waals surface area contributed by atoms with E-state index in [4.69, 9.17) is 0 Å². The number of carbonyl (C=O) groups excluding carboxylic acids is 1. The number of halogens is 2. The van der Waals surface area contributed by atoms with Crippen molar-refractivity contribution in [3.05, 3.63) is 59.7 Å². The molecule has 4 nitrogen and oxygen atoms in total. The molecule has 2 N–H and O–H groups in total. The number of likely N-dealkylation sites (N-methyl/N-ethyl adjacent to an activating group) is 1. The minimum absolute atomic E-state index is 0.0607. The molecule has 26 heavy (non-hydrogen) atoms. The van der Waals surface area contributed by atoms with Crippen LogP contribution in [0.5, 0.6) is 5.75 Å². The standard InChI is InChI=1S/C20H24F2N2O2/c1-14(2)16-6-4-15(5-7-16)12-24(3)13-19(25)23-17-8-10-18(11-9-17)26-20(21)22/h4-11,14,20H,12-13H2,1-3H3,(H,23,25)/p+1. The molecule has 0 aliphatic heterocycles. The lowest BCUT2D eigenvalue weighted by Gasteiger charge is -2.15. The zero-order valence-electron chi connectivity index (χ0n) is 15.3. The fourth-order valence-electron chi connectivity index (χ4n) is 2.63. The number of hydrogen-bond acceptors (Lipinski definition) is 2. The van der Waals surface area contributed by atoms with Crippen molar-refractivity contribution in [1.29, 1.82) is 0 Å². The number of hydrogen-bond donors (Lipinski definition) is 2. The minimum atomic E-state index is -2.86. The minimum Gasteiger partial charge on any atom is -0.435 e. The van der Waals surface area contributed by atoms with Gasteiger partial charge in [0.15, 0.2) is 6.54 Å². The van der Waals surface area contributed by atoms with E-state index in [0.29, 0.717) is 18.2 Å². The van der Waals surface area contributed by atoms with Crippen LogP contribution in [0.3, 0.4) is 0 Å². The molecule has 2 aromatic rings. The van der Waals surface area contributed by atoms with Gasteiger partial charge >= 0.3 is 6.61 Å². The number of quaternary nitrogens is 1. The van der Waals surface area contributed by atoms with Crippen LogP contribution in [0.25, 0.3) is 0 Å². The molecule has 140 valence electrons. The van der Waals surface area contributed by atoms with Gasteiger partial charge in [-0.2, -0.15) is 8.78 Å². The molecule has 6 heteroatoms. The van der Waals surface area contributed by atoms with Crippen molar-refractivity contribution in [1.82, 2.24) is 0 Å². The van der Waals surface area contributed by atoms with Gasteiger partial charge in [0.25, 0.3) is 5.91 Å². The molecule has 0 saturated carbocycles. The summed E-state index contributed by atoms with van der Waals surface area (Å²) in [4.78, 5) is 13.2. The Bertz CT molecular complexity index is 701. The number of carbonyl (C=O) groups is 1. The first-order chi connectivity index (χ1) is 12.3. The number of benzene rings is 2. The van der Waals surface area contributed by atoms with Gasteiger partial charge in [0.05, 0.1) is 7.05 Å². The van der Waals surface area contributed by atoms with Gasteiger partial charge in [-0.25, -0.2) is 0 Å². The number of amides is 1. The zero-order valence-corrected chi connectivity index (χ0v) is 15.3. The maximum atomic E-state index is 12.1. The second kappa shape index (κ2) is 9.29. The maximum absolute atomic E-state index is 12.1. The van der Waals surface area contributed by atoms with E-state index in [9.17, 15) is 13.6 Å². The molecule has 0 aliphatic rings. The highest BCUT2D eigenvalue weighted by molar-refractivity contribution is 5.91. The quantitative estimate of drug-likeness (QED) is 0.757. The van der Waals surface area contributed by atoms with Gasteiger partial charge in [0, 0.05) is 11.3 Å². The van der Waals surface area contributed by atoms with E-state index >= 15 is 0 Å². The van der Waals surface area contributed by atoms with E-state index < -0.39 is 6.61 Å². The lowest BCUT2D eigenvalue weighted by Crippen LogP contribution is -3.08. The fourth-order valence-corrected chi connectivity index (χ4v) is 2.63. The van der Waals surface area contributed by atoms with E-state index in [1.165, 1.54) is 35.4 Å². The summed E-state index contributed by atoms with van der Waals surface area (Å²) in [5.74, 6) is 0.423. The lowest BCUT2D eigenvalue weighted by molar-refractivity contribution is -0.885. The van der Waals surface area contributed by atoms with Gasteiger partial charge in [-0.1, -0.05) is 38.1 Å². The summed E-state index contributed by atoms with van der Waals surface area (Å²) < 4.78 is 28.5. The van der Waals surface area contributed by atoms with E-state index in [2.05, 4.69) is 48.2 Å². The molecular formula is C20H25F2N2O2+. The Labute approximate surface area is 152 Å². The Kier molecular flexibility index (Phi) is 7.09. The molecule has 0 aromatic heterocycles. The van der Waals surface area contributed by atoms with Crippen molar-refractivity contribution in [2.75, 3.05) is 18.9 Å². The van der Waals surface area contributed by atoms with Crippen molar-refractivity contribution in [2.24, 2.45) is 0 Å². The Morgan fingerprint density at radius 3 is 2.23 bits per heavy atom. The van der Waals surface area contributed by atoms with Gasteiger partial charge in [0.2, 0.25) is 0 Å². The molecule has 0 aliphatic carbocycles. The molecular weight excluding hydrogens is 338 g/mol. The van der Waals surface area contributed by atoms with Gasteiger partial charge in [0.1, 0.15) is 12.3 Å². The molecule has 0 spiro atoms. The molecule has 1 atom stereocenters. The summed E-state index contributed by atoms with van der Waals surface area (Å²) in [6.07, 6.45) is 0. The number of rotatable bonds is 8. The van der Waals surface area contributed by atoms with Crippen molar-refractivity contribution in [3.8, 4) is 5.75 Å². The molecule has 0 heterocycles. The van der Waals surface area contributed by atoms with Gasteiger partial charge in [-0.05, 0) is 35.7 Å². The number of alkyl halides is 2. The van der Waals surface area contributed by atoms with Gasteiger partial charge < -0.3 is 15.0 Å². The number of nitrogens with one attached hydrogen (secondary N) is 2. The zero-order chi connectivity index (χ0) is 19.1. The van der Waals surface area contributed by atoms with E-state index in [1.807, 2.05) is 7.05 Å². The highest BCUT2D eigenvalue weighted by Gasteiger charge is 2.12. The van der Waals surface area contributed by atoms with Gasteiger partial charge in [-0.15, -0.1) is 0 Å². The fraction of sp³-hybridized carbons (Fsp3) is 0.350. The first-order valence-electron chi connectivity index (χ1n) is 8.58. The van der Waals surface area contributed by atoms with Gasteiger partial charge in [-0.3, -0.25) is 4.79 Å². The number of ether oxygens (including phenoxy) is 1. The Hall–Kier alpha value is -2.47. The lowest BCUT2D eigenvalue weighted by atomic mass is 10.0. The molecule has 0 saturated heterocycles. The van der Waals surface area contributed by atoms with Crippen LogP contribution < -0.4 is 15.0 Å². The predicted octanol–water partition coefficient (Wildman–Crippen LogP) is 3.06. The van der Waals surface area contributed by atoms with Crippen molar-refractivity contribution < 1.29 is 23.2 Å². The summed E-state index contributed by atoms with van der Waals surface area (Å²) in [7, 11) is 1.95. The molecule has 2 aromatic carbocycles. The second-order valence-corrected chi connectivity index (χ2v) is 6.66. The summed E-state index contributed by atoms with van der Waals surface area (Å²) in [5.41, 5.74) is 3.02. The summed E-state index contributed by atoms with van der Waals surface area (Å²) in [5, 5.41) is 2.76. The van der Waals surface area contributed by atoms with E-state index in [-0.39, 0.29) is 11.7 Å². The molecule has 0 radical (unpaired) electrons. The smallest absolute Gasteiger partial charge is 0.387 e. The predicted molar refractivity (Wildman–Crippen MR) is 97.7 cm³/mol. The highest BCUT2D eigenvalue weighted by Crippen LogP contribution is 2.17. The maximum Gasteiger partial charge on any atom is 0.387 e. The van der Waals surface area contributed by atoms with Crippen molar-refractivity contribution in [3.63, 3.8) is 0 Å². The molecule has 2 rings (SSSR count). The highest BCUT2D eigenvalue weighted by atomic mass is 19.3. The van der Waals surface area contributed by atoms with Crippen molar-refractivity contribution in [2.45, 2.75) is 32.9 Å². The Morgan fingerprint density at radius 1 is 1.08 bits per heavy atom. The average molecular weight is 363 g/mol. The topological polar surface area (TPSA) is 42.8 Å². The molecule has 0 fully saturated rings. The van der Waals surface area contributed by atoms with Crippen LogP contribution in [0.2, 0.25) is 0 Å². The van der Waals surface area contributed by atoms with Crippen LogP contribution in [0, 0.1) is 0 Å². The van der Waals surface area contributed by atoms with Crippen LogP contribution in [0.1, 0.15) is 30.9 Å². The van der Waals surface area contributed by atoms with E-state index in [0.717, 1.165) is 11.4 Å². The Morgan fingerprint density at radius 2 is 1.69 bits per heavy atom. The van der Waals surface area contributed by atoms with Crippen LogP contribution in [-0.2, 0) is 11.3 Å². The van der Waals surface area contributed by atoms with Crippen LogP contribution in [0.15, 0.2) is 48.5 Å². The van der Waals surface area contributed by atoms with E-state index in [1.54, 1.807) is 0 Å². The first kappa shape index (κ1) is 19.8. The summed E-state index contributed by atoms with van der Waals surface area (Å²) in [6, 6.07) is 14.3.